The summed E-state index contributed by atoms with van der Waals surface area (Å²) in [4.78, 5) is 25.7. The molecule has 0 spiro atoms. The second-order valence-electron chi connectivity index (χ2n) is 3.62. The van der Waals surface area contributed by atoms with Crippen LogP contribution in [0.25, 0.3) is 0 Å². The predicted octanol–water partition coefficient (Wildman–Crippen LogP) is 2.90. The summed E-state index contributed by atoms with van der Waals surface area (Å²) in [6, 6.07) is 8.50. The maximum absolute atomic E-state index is 11.8. The lowest BCUT2D eigenvalue weighted by atomic mass is 10.2. The van der Waals surface area contributed by atoms with Gasteiger partial charge in [-0.3, -0.25) is 19.9 Å². The van der Waals surface area contributed by atoms with Gasteiger partial charge in [-0.1, -0.05) is 11.6 Å². The number of nitrogens with zero attached hydrogens (tertiary/aromatic N) is 2. The molecule has 0 atom stereocenters. The van der Waals surface area contributed by atoms with E-state index in [9.17, 15) is 14.9 Å². The van der Waals surface area contributed by atoms with Crippen LogP contribution in [0.4, 0.5) is 11.4 Å². The van der Waals surface area contributed by atoms with Crippen molar-refractivity contribution in [1.82, 2.24) is 4.98 Å². The molecule has 1 heterocycles. The number of rotatable bonds is 3. The Kier molecular flexibility index (Phi) is 3.72. The quantitative estimate of drug-likeness (QED) is 0.690. The van der Waals surface area contributed by atoms with E-state index in [0.717, 1.165) is 0 Å². The molecule has 0 aliphatic rings. The molecular weight excluding hydrogens is 270 g/mol. The van der Waals surface area contributed by atoms with Crippen LogP contribution in [0.5, 0.6) is 0 Å². The van der Waals surface area contributed by atoms with E-state index < -0.39 is 10.8 Å². The van der Waals surface area contributed by atoms with E-state index in [0.29, 0.717) is 10.7 Å². The lowest BCUT2D eigenvalue weighted by molar-refractivity contribution is -0.384. The third kappa shape index (κ3) is 3.26. The fourth-order valence-corrected chi connectivity index (χ4v) is 1.55. The smallest absolute Gasteiger partial charge is 0.274 e. The van der Waals surface area contributed by atoms with Crippen LogP contribution < -0.4 is 5.32 Å². The molecule has 0 bridgehead atoms. The first-order chi connectivity index (χ1) is 9.06. The number of carbonyl (C=O) groups excluding carboxylic acids is 1. The van der Waals surface area contributed by atoms with Crippen LogP contribution in [0.15, 0.2) is 42.6 Å². The molecule has 0 fully saturated rings. The molecule has 6 nitrogen and oxygen atoms in total. The van der Waals surface area contributed by atoms with Crippen molar-refractivity contribution in [2.75, 3.05) is 5.32 Å². The molecule has 0 saturated carbocycles. The molecule has 96 valence electrons. The summed E-state index contributed by atoms with van der Waals surface area (Å²) in [5.41, 5.74) is 0.571. The summed E-state index contributed by atoms with van der Waals surface area (Å²) in [7, 11) is 0. The van der Waals surface area contributed by atoms with E-state index in [2.05, 4.69) is 10.3 Å². The van der Waals surface area contributed by atoms with E-state index in [4.69, 9.17) is 11.6 Å². The molecule has 1 N–H and O–H groups in total. The highest BCUT2D eigenvalue weighted by Gasteiger charge is 2.09. The first-order valence-electron chi connectivity index (χ1n) is 5.23. The standard InChI is InChI=1S/C12H8ClN3O3/c13-8-5-6-14-11(7-8)12(17)15-9-1-3-10(4-2-9)16(18)19/h1-7H,(H,15,17). The van der Waals surface area contributed by atoms with Crippen molar-refractivity contribution < 1.29 is 9.72 Å². The van der Waals surface area contributed by atoms with Gasteiger partial charge in [0.1, 0.15) is 5.69 Å². The van der Waals surface area contributed by atoms with Gasteiger partial charge in [0, 0.05) is 29.0 Å². The molecule has 0 unspecified atom stereocenters. The number of nitro benzene ring substituents is 1. The number of carbonyl (C=O) groups is 1. The van der Waals surface area contributed by atoms with Crippen LogP contribution in [0.1, 0.15) is 10.5 Å². The van der Waals surface area contributed by atoms with Gasteiger partial charge in [-0.05, 0) is 24.3 Å². The van der Waals surface area contributed by atoms with Crippen molar-refractivity contribution in [2.24, 2.45) is 0 Å². The maximum atomic E-state index is 11.8. The molecule has 2 aromatic rings. The summed E-state index contributed by atoms with van der Waals surface area (Å²) >= 11 is 5.75. The number of hydrogen-bond acceptors (Lipinski definition) is 4. The number of nitro groups is 1. The largest absolute Gasteiger partial charge is 0.321 e. The number of anilines is 1. The molecule has 1 aromatic carbocycles. The maximum Gasteiger partial charge on any atom is 0.274 e. The number of halogens is 1. The topological polar surface area (TPSA) is 85.1 Å². The molecule has 1 aromatic heterocycles. The van der Waals surface area contributed by atoms with E-state index >= 15 is 0 Å². The average molecular weight is 278 g/mol. The third-order valence-corrected chi connectivity index (χ3v) is 2.53. The summed E-state index contributed by atoms with van der Waals surface area (Å²) in [5.74, 6) is -0.434. The van der Waals surface area contributed by atoms with Gasteiger partial charge in [-0.25, -0.2) is 0 Å². The van der Waals surface area contributed by atoms with E-state index in [1.165, 1.54) is 36.5 Å². The molecule has 0 aliphatic carbocycles. The Morgan fingerprint density at radius 2 is 1.95 bits per heavy atom. The van der Waals surface area contributed by atoms with Crippen molar-refractivity contribution in [3.05, 3.63) is 63.4 Å². The Morgan fingerprint density at radius 3 is 2.53 bits per heavy atom. The van der Waals surface area contributed by atoms with E-state index in [1.54, 1.807) is 6.07 Å². The fourth-order valence-electron chi connectivity index (χ4n) is 1.39. The number of non-ortho nitro benzene ring substituents is 1. The van der Waals surface area contributed by atoms with Crippen molar-refractivity contribution in [3.8, 4) is 0 Å². The highest BCUT2D eigenvalue weighted by molar-refractivity contribution is 6.30. The van der Waals surface area contributed by atoms with Crippen molar-refractivity contribution in [2.45, 2.75) is 0 Å². The number of pyridine rings is 1. The minimum Gasteiger partial charge on any atom is -0.321 e. The zero-order chi connectivity index (χ0) is 13.8. The zero-order valence-corrected chi connectivity index (χ0v) is 10.3. The zero-order valence-electron chi connectivity index (χ0n) is 9.54. The SMILES string of the molecule is O=C(Nc1ccc([N+](=O)[O-])cc1)c1cc(Cl)ccn1. The number of nitrogens with one attached hydrogen (secondary N) is 1. The number of hydrogen-bond donors (Lipinski definition) is 1. The van der Waals surface area contributed by atoms with Gasteiger partial charge in [0.05, 0.1) is 4.92 Å². The highest BCUT2D eigenvalue weighted by atomic mass is 35.5. The van der Waals surface area contributed by atoms with Crippen LogP contribution in [0, 0.1) is 10.1 Å². The van der Waals surface area contributed by atoms with Crippen molar-refractivity contribution >= 4 is 28.9 Å². The first-order valence-corrected chi connectivity index (χ1v) is 5.61. The lowest BCUT2D eigenvalue weighted by Gasteiger charge is -2.04. The van der Waals surface area contributed by atoms with Crippen LogP contribution >= 0.6 is 11.6 Å². The minimum absolute atomic E-state index is 0.0427. The molecule has 0 aliphatic heterocycles. The Labute approximate surface area is 113 Å². The predicted molar refractivity (Wildman–Crippen MR) is 70.3 cm³/mol. The minimum atomic E-state index is -0.510. The first kappa shape index (κ1) is 13.0. The fraction of sp³-hybridized carbons (Fsp3) is 0. The second-order valence-corrected chi connectivity index (χ2v) is 4.05. The molecule has 0 radical (unpaired) electrons. The van der Waals surface area contributed by atoms with Gasteiger partial charge >= 0.3 is 0 Å². The van der Waals surface area contributed by atoms with Gasteiger partial charge in [-0.2, -0.15) is 0 Å². The van der Waals surface area contributed by atoms with Crippen molar-refractivity contribution in [3.63, 3.8) is 0 Å². The number of benzene rings is 1. The van der Waals surface area contributed by atoms with Crippen LogP contribution in [0.3, 0.4) is 0 Å². The average Bonchev–Trinajstić information content (AvgIpc) is 2.39. The summed E-state index contributed by atoms with van der Waals surface area (Å²) in [6.07, 6.45) is 1.42. The van der Waals surface area contributed by atoms with E-state index in [1.807, 2.05) is 0 Å². The summed E-state index contributed by atoms with van der Waals surface area (Å²) in [6.45, 7) is 0. The Balaban J connectivity index is 2.13. The molecule has 1 amide bonds. The Bertz CT molecular complexity index is 628. The molecule has 7 heteroatoms. The molecular formula is C12H8ClN3O3. The second kappa shape index (κ2) is 5.45. The number of aromatic nitrogens is 1. The Hall–Kier alpha value is -2.47. The van der Waals surface area contributed by atoms with E-state index in [-0.39, 0.29) is 11.4 Å². The van der Waals surface area contributed by atoms with Crippen LogP contribution in [-0.4, -0.2) is 15.8 Å². The molecule has 2 rings (SSSR count). The van der Waals surface area contributed by atoms with Crippen LogP contribution in [-0.2, 0) is 0 Å². The normalized spacial score (nSPS) is 9.95. The third-order valence-electron chi connectivity index (χ3n) is 2.29. The van der Waals surface area contributed by atoms with Gasteiger partial charge in [-0.15, -0.1) is 0 Å². The summed E-state index contributed by atoms with van der Waals surface area (Å²) in [5, 5.41) is 13.5. The monoisotopic (exact) mass is 277 g/mol. The molecule has 19 heavy (non-hydrogen) atoms. The molecule has 0 saturated heterocycles. The summed E-state index contributed by atoms with van der Waals surface area (Å²) < 4.78 is 0. The van der Waals surface area contributed by atoms with Gasteiger partial charge in [0.25, 0.3) is 11.6 Å². The van der Waals surface area contributed by atoms with Gasteiger partial charge in [0.15, 0.2) is 0 Å². The van der Waals surface area contributed by atoms with Gasteiger partial charge in [0.2, 0.25) is 0 Å². The van der Waals surface area contributed by atoms with Crippen molar-refractivity contribution in [1.29, 1.82) is 0 Å². The van der Waals surface area contributed by atoms with Crippen LogP contribution in [0.2, 0.25) is 5.02 Å². The Morgan fingerprint density at radius 1 is 1.26 bits per heavy atom. The highest BCUT2D eigenvalue weighted by Crippen LogP contribution is 2.16. The van der Waals surface area contributed by atoms with Gasteiger partial charge < -0.3 is 5.32 Å². The lowest BCUT2D eigenvalue weighted by Crippen LogP contribution is -2.13. The number of amides is 1.